The molecule has 0 saturated heterocycles. The van der Waals surface area contributed by atoms with Crippen molar-refractivity contribution in [3.63, 3.8) is 0 Å². The van der Waals surface area contributed by atoms with E-state index in [9.17, 15) is 14.9 Å². The first kappa shape index (κ1) is 16.4. The maximum absolute atomic E-state index is 12.1. The maximum atomic E-state index is 12.1. The van der Waals surface area contributed by atoms with Crippen molar-refractivity contribution in [2.24, 2.45) is 11.3 Å². The number of rotatable bonds is 5. The minimum absolute atomic E-state index is 0.0666. The van der Waals surface area contributed by atoms with Gasteiger partial charge in [-0.25, -0.2) is 0 Å². The SMILES string of the molecule is CC(C)C(C)(C)CNC(=O)c1cccc([N+](=O)[O-])c1Cl. The maximum Gasteiger partial charge on any atom is 0.288 e. The van der Waals surface area contributed by atoms with Gasteiger partial charge < -0.3 is 5.32 Å². The van der Waals surface area contributed by atoms with E-state index >= 15 is 0 Å². The predicted molar refractivity (Wildman–Crippen MR) is 79.1 cm³/mol. The molecule has 1 rings (SSSR count). The van der Waals surface area contributed by atoms with Gasteiger partial charge in [0, 0.05) is 12.6 Å². The smallest absolute Gasteiger partial charge is 0.288 e. The quantitative estimate of drug-likeness (QED) is 0.666. The Kier molecular flexibility index (Phi) is 5.11. The molecule has 0 spiro atoms. The number of nitrogens with zero attached hydrogens (tertiary/aromatic N) is 1. The average molecular weight is 299 g/mol. The molecule has 1 amide bonds. The summed E-state index contributed by atoms with van der Waals surface area (Å²) in [6, 6.07) is 4.21. The van der Waals surface area contributed by atoms with Crippen molar-refractivity contribution in [2.45, 2.75) is 27.7 Å². The fourth-order valence-corrected chi connectivity index (χ4v) is 1.72. The number of nitro groups is 1. The number of carbonyl (C=O) groups is 1. The first-order chi connectivity index (χ1) is 9.16. The van der Waals surface area contributed by atoms with E-state index in [1.807, 2.05) is 13.8 Å². The highest BCUT2D eigenvalue weighted by Gasteiger charge is 2.25. The summed E-state index contributed by atoms with van der Waals surface area (Å²) in [4.78, 5) is 22.3. The van der Waals surface area contributed by atoms with Crippen LogP contribution in [-0.2, 0) is 0 Å². The first-order valence-electron chi connectivity index (χ1n) is 6.38. The van der Waals surface area contributed by atoms with Gasteiger partial charge in [0.25, 0.3) is 11.6 Å². The molecule has 1 N–H and O–H groups in total. The van der Waals surface area contributed by atoms with E-state index in [2.05, 4.69) is 19.2 Å². The van der Waals surface area contributed by atoms with Gasteiger partial charge in [0.05, 0.1) is 10.5 Å². The van der Waals surface area contributed by atoms with Crippen LogP contribution in [0.4, 0.5) is 5.69 Å². The second kappa shape index (κ2) is 6.22. The molecule has 0 atom stereocenters. The van der Waals surface area contributed by atoms with Crippen molar-refractivity contribution in [1.82, 2.24) is 5.32 Å². The van der Waals surface area contributed by atoms with Crippen molar-refractivity contribution in [3.8, 4) is 0 Å². The van der Waals surface area contributed by atoms with Gasteiger partial charge in [-0.2, -0.15) is 0 Å². The van der Waals surface area contributed by atoms with Gasteiger partial charge in [-0.05, 0) is 17.4 Å². The Morgan fingerprint density at radius 1 is 1.45 bits per heavy atom. The van der Waals surface area contributed by atoms with Gasteiger partial charge in [-0.3, -0.25) is 14.9 Å². The highest BCUT2D eigenvalue weighted by atomic mass is 35.5. The van der Waals surface area contributed by atoms with E-state index < -0.39 is 10.8 Å². The van der Waals surface area contributed by atoms with E-state index in [0.29, 0.717) is 12.5 Å². The standard InChI is InChI=1S/C14H19ClN2O3/c1-9(2)14(3,4)8-16-13(18)10-6-5-7-11(12(10)15)17(19)20/h5-7,9H,8H2,1-4H3,(H,16,18). The van der Waals surface area contributed by atoms with Gasteiger partial charge in [0.2, 0.25) is 0 Å². The molecular formula is C14H19ClN2O3. The third-order valence-corrected chi connectivity index (χ3v) is 4.08. The van der Waals surface area contributed by atoms with Crippen LogP contribution in [0.15, 0.2) is 18.2 Å². The molecule has 0 aliphatic carbocycles. The Balaban J connectivity index is 2.89. The van der Waals surface area contributed by atoms with Crippen LogP contribution in [-0.4, -0.2) is 17.4 Å². The van der Waals surface area contributed by atoms with Gasteiger partial charge >= 0.3 is 0 Å². The number of carbonyl (C=O) groups excluding carboxylic acids is 1. The van der Waals surface area contributed by atoms with Crippen molar-refractivity contribution < 1.29 is 9.72 Å². The summed E-state index contributed by atoms with van der Waals surface area (Å²) in [6.45, 7) is 8.72. The molecular weight excluding hydrogens is 280 g/mol. The Labute approximate surface area is 123 Å². The summed E-state index contributed by atoms with van der Waals surface area (Å²) < 4.78 is 0. The lowest BCUT2D eigenvalue weighted by Gasteiger charge is -2.29. The molecule has 0 radical (unpaired) electrons. The number of halogens is 1. The number of hydrogen-bond donors (Lipinski definition) is 1. The third kappa shape index (κ3) is 3.70. The van der Waals surface area contributed by atoms with Crippen LogP contribution in [0, 0.1) is 21.4 Å². The molecule has 0 fully saturated rings. The lowest BCUT2D eigenvalue weighted by molar-refractivity contribution is -0.384. The van der Waals surface area contributed by atoms with Crippen LogP contribution in [0.3, 0.4) is 0 Å². The number of hydrogen-bond acceptors (Lipinski definition) is 3. The number of nitrogens with one attached hydrogen (secondary N) is 1. The van der Waals surface area contributed by atoms with Crippen LogP contribution in [0.5, 0.6) is 0 Å². The van der Waals surface area contributed by atoms with E-state index in [1.165, 1.54) is 18.2 Å². The normalized spacial score (nSPS) is 11.5. The van der Waals surface area contributed by atoms with Crippen LogP contribution < -0.4 is 5.32 Å². The Hall–Kier alpha value is -1.62. The Morgan fingerprint density at radius 2 is 2.05 bits per heavy atom. The number of amides is 1. The van der Waals surface area contributed by atoms with Crippen LogP contribution in [0.25, 0.3) is 0 Å². The molecule has 0 unspecified atom stereocenters. The highest BCUT2D eigenvalue weighted by Crippen LogP contribution is 2.28. The molecule has 1 aromatic carbocycles. The molecule has 5 nitrogen and oxygen atoms in total. The summed E-state index contributed by atoms with van der Waals surface area (Å²) >= 11 is 5.91. The fourth-order valence-electron chi connectivity index (χ4n) is 1.44. The lowest BCUT2D eigenvalue weighted by atomic mass is 9.81. The Morgan fingerprint density at radius 3 is 2.55 bits per heavy atom. The minimum atomic E-state index is -0.600. The van der Waals surface area contributed by atoms with E-state index in [-0.39, 0.29) is 21.7 Å². The summed E-state index contributed by atoms with van der Waals surface area (Å²) in [5.74, 6) is -0.00388. The number of benzene rings is 1. The third-order valence-electron chi connectivity index (χ3n) is 3.69. The molecule has 0 bridgehead atoms. The molecule has 20 heavy (non-hydrogen) atoms. The zero-order valence-corrected chi connectivity index (χ0v) is 12.8. The lowest BCUT2D eigenvalue weighted by Crippen LogP contribution is -2.37. The van der Waals surface area contributed by atoms with Crippen molar-refractivity contribution in [1.29, 1.82) is 0 Å². The monoisotopic (exact) mass is 298 g/mol. The zero-order chi connectivity index (χ0) is 15.5. The average Bonchev–Trinajstić information content (AvgIpc) is 2.35. The molecule has 110 valence electrons. The zero-order valence-electron chi connectivity index (χ0n) is 12.1. The van der Waals surface area contributed by atoms with Crippen LogP contribution in [0.2, 0.25) is 5.02 Å². The van der Waals surface area contributed by atoms with E-state index in [4.69, 9.17) is 11.6 Å². The van der Waals surface area contributed by atoms with E-state index in [0.717, 1.165) is 0 Å². The molecule has 6 heteroatoms. The molecule has 0 saturated carbocycles. The highest BCUT2D eigenvalue weighted by molar-refractivity contribution is 6.35. The summed E-state index contributed by atoms with van der Waals surface area (Å²) in [5, 5.41) is 13.4. The number of nitro benzene ring substituents is 1. The fraction of sp³-hybridized carbons (Fsp3) is 0.500. The summed E-state index contributed by atoms with van der Waals surface area (Å²) in [7, 11) is 0. The van der Waals surface area contributed by atoms with Crippen molar-refractivity contribution in [2.75, 3.05) is 6.54 Å². The van der Waals surface area contributed by atoms with Crippen LogP contribution in [0.1, 0.15) is 38.1 Å². The Bertz CT molecular complexity index is 527. The minimum Gasteiger partial charge on any atom is -0.351 e. The van der Waals surface area contributed by atoms with Gasteiger partial charge in [0.1, 0.15) is 5.02 Å². The van der Waals surface area contributed by atoms with E-state index in [1.54, 1.807) is 0 Å². The van der Waals surface area contributed by atoms with Gasteiger partial charge in [-0.1, -0.05) is 45.4 Å². The van der Waals surface area contributed by atoms with Crippen molar-refractivity contribution >= 4 is 23.2 Å². The second-order valence-corrected chi connectivity index (χ2v) is 6.10. The summed E-state index contributed by atoms with van der Waals surface area (Å²) in [6.07, 6.45) is 0. The topological polar surface area (TPSA) is 72.2 Å². The molecule has 1 aromatic rings. The van der Waals surface area contributed by atoms with Gasteiger partial charge in [0.15, 0.2) is 0 Å². The predicted octanol–water partition coefficient (Wildman–Crippen LogP) is 3.66. The molecule has 0 aliphatic rings. The molecule has 0 aliphatic heterocycles. The van der Waals surface area contributed by atoms with Gasteiger partial charge in [-0.15, -0.1) is 0 Å². The van der Waals surface area contributed by atoms with Crippen LogP contribution >= 0.6 is 11.6 Å². The first-order valence-corrected chi connectivity index (χ1v) is 6.75. The largest absolute Gasteiger partial charge is 0.351 e. The second-order valence-electron chi connectivity index (χ2n) is 5.72. The summed E-state index contributed by atoms with van der Waals surface area (Å²) in [5.41, 5.74) is -0.203. The molecule has 0 heterocycles. The molecule has 0 aromatic heterocycles. The van der Waals surface area contributed by atoms with Crippen molar-refractivity contribution in [3.05, 3.63) is 38.9 Å².